The monoisotopic (exact) mass is 306 g/mol. The Kier molecular flexibility index (Phi) is 5.80. The number of likely N-dealkylation sites (N-methyl/N-ethyl adjacent to an activating group) is 2. The molecule has 2 rings (SSSR count). The zero-order valence-corrected chi connectivity index (χ0v) is 13.9. The molecule has 22 heavy (non-hydrogen) atoms. The Morgan fingerprint density at radius 3 is 2.64 bits per heavy atom. The van der Waals surface area contributed by atoms with Crippen molar-refractivity contribution in [3.05, 3.63) is 29.8 Å². The Hall–Kier alpha value is -1.59. The summed E-state index contributed by atoms with van der Waals surface area (Å²) < 4.78 is 10.9. The lowest BCUT2D eigenvalue weighted by molar-refractivity contribution is -0.132. The second-order valence-corrected chi connectivity index (χ2v) is 6.06. The van der Waals surface area contributed by atoms with Crippen LogP contribution in [0.5, 0.6) is 5.75 Å². The maximum Gasteiger partial charge on any atom is 0.260 e. The van der Waals surface area contributed by atoms with Crippen molar-refractivity contribution >= 4 is 5.91 Å². The number of ether oxygens (including phenoxy) is 2. The van der Waals surface area contributed by atoms with Crippen LogP contribution in [0, 0.1) is 6.92 Å². The molecule has 0 aromatic heterocycles. The van der Waals surface area contributed by atoms with Gasteiger partial charge in [-0.05, 0) is 32.5 Å². The Bertz CT molecular complexity index is 489. The number of carbonyl (C=O) groups excluding carboxylic acids is 1. The van der Waals surface area contributed by atoms with Crippen molar-refractivity contribution in [3.63, 3.8) is 0 Å². The molecule has 0 spiro atoms. The molecule has 1 aliphatic rings. The van der Waals surface area contributed by atoms with Gasteiger partial charge in [0.15, 0.2) is 6.61 Å². The number of amides is 1. The second-order valence-electron chi connectivity index (χ2n) is 6.06. The van der Waals surface area contributed by atoms with E-state index in [0.717, 1.165) is 18.7 Å². The molecule has 1 aromatic carbocycles. The van der Waals surface area contributed by atoms with E-state index in [1.807, 2.05) is 38.2 Å². The normalized spacial score (nSPS) is 21.8. The summed E-state index contributed by atoms with van der Waals surface area (Å²) in [6, 6.07) is 8.06. The van der Waals surface area contributed by atoms with Crippen molar-refractivity contribution in [1.29, 1.82) is 0 Å². The number of methoxy groups -OCH3 is 1. The maximum atomic E-state index is 12.2. The highest BCUT2D eigenvalue weighted by Crippen LogP contribution is 2.18. The van der Waals surface area contributed by atoms with Crippen LogP contribution < -0.4 is 4.74 Å². The molecule has 0 unspecified atom stereocenters. The van der Waals surface area contributed by atoms with Gasteiger partial charge >= 0.3 is 0 Å². The summed E-state index contributed by atoms with van der Waals surface area (Å²) >= 11 is 0. The first kappa shape index (κ1) is 16.8. The summed E-state index contributed by atoms with van der Waals surface area (Å²) in [4.78, 5) is 16.2. The van der Waals surface area contributed by atoms with Crippen LogP contribution in [0.25, 0.3) is 0 Å². The Balaban J connectivity index is 1.78. The number of likely N-dealkylation sites (tertiary alicyclic amines) is 1. The van der Waals surface area contributed by atoms with Crippen molar-refractivity contribution in [3.8, 4) is 5.75 Å². The first-order valence-corrected chi connectivity index (χ1v) is 7.66. The quantitative estimate of drug-likeness (QED) is 0.800. The van der Waals surface area contributed by atoms with Crippen LogP contribution in [-0.4, -0.2) is 68.8 Å². The second kappa shape index (κ2) is 7.61. The molecule has 1 aliphatic heterocycles. The molecule has 0 aliphatic carbocycles. The van der Waals surface area contributed by atoms with E-state index in [9.17, 15) is 4.79 Å². The molecule has 5 heteroatoms. The average Bonchev–Trinajstić information content (AvgIpc) is 2.86. The lowest BCUT2D eigenvalue weighted by atomic mass is 10.2. The number of nitrogens with zero attached hydrogens (tertiary/aromatic N) is 2. The standard InChI is InChI=1S/C17H26N2O3/c1-13-5-7-15(8-6-13)22-12-17(20)19(3)10-14-9-16(21-4)11-18(14)2/h5-8,14,16H,9-12H2,1-4H3/t14-,16-/m0/s1. The van der Waals surface area contributed by atoms with Crippen molar-refractivity contribution in [2.75, 3.05) is 40.9 Å². The van der Waals surface area contributed by atoms with Crippen molar-refractivity contribution in [2.45, 2.75) is 25.5 Å². The highest BCUT2D eigenvalue weighted by atomic mass is 16.5. The fraction of sp³-hybridized carbons (Fsp3) is 0.588. The van der Waals surface area contributed by atoms with Gasteiger partial charge in [0.2, 0.25) is 0 Å². The van der Waals surface area contributed by atoms with E-state index in [1.54, 1.807) is 12.0 Å². The van der Waals surface area contributed by atoms with Gasteiger partial charge in [-0.2, -0.15) is 0 Å². The first-order valence-electron chi connectivity index (χ1n) is 7.66. The molecule has 1 amide bonds. The molecule has 0 bridgehead atoms. The summed E-state index contributed by atoms with van der Waals surface area (Å²) in [6.45, 7) is 3.72. The summed E-state index contributed by atoms with van der Waals surface area (Å²) in [5.74, 6) is 0.722. The van der Waals surface area contributed by atoms with Crippen LogP contribution in [0.4, 0.5) is 0 Å². The van der Waals surface area contributed by atoms with Crippen LogP contribution in [0.2, 0.25) is 0 Å². The molecular weight excluding hydrogens is 280 g/mol. The van der Waals surface area contributed by atoms with Gasteiger partial charge in [0.05, 0.1) is 6.10 Å². The molecule has 1 fully saturated rings. The van der Waals surface area contributed by atoms with Crippen LogP contribution in [0.1, 0.15) is 12.0 Å². The van der Waals surface area contributed by atoms with E-state index in [-0.39, 0.29) is 18.6 Å². The van der Waals surface area contributed by atoms with Crippen molar-refractivity contribution < 1.29 is 14.3 Å². The minimum Gasteiger partial charge on any atom is -0.484 e. The van der Waals surface area contributed by atoms with E-state index in [4.69, 9.17) is 9.47 Å². The van der Waals surface area contributed by atoms with E-state index in [2.05, 4.69) is 11.9 Å². The number of hydrogen-bond acceptors (Lipinski definition) is 4. The molecule has 5 nitrogen and oxygen atoms in total. The average molecular weight is 306 g/mol. The van der Waals surface area contributed by atoms with E-state index in [1.165, 1.54) is 5.56 Å². The van der Waals surface area contributed by atoms with Crippen LogP contribution >= 0.6 is 0 Å². The smallest absolute Gasteiger partial charge is 0.260 e. The predicted octanol–water partition coefficient (Wildman–Crippen LogP) is 1.55. The summed E-state index contributed by atoms with van der Waals surface area (Å²) in [6.07, 6.45) is 1.23. The number of rotatable bonds is 6. The van der Waals surface area contributed by atoms with Gasteiger partial charge < -0.3 is 14.4 Å². The molecule has 2 atom stereocenters. The van der Waals surface area contributed by atoms with Gasteiger partial charge in [-0.25, -0.2) is 0 Å². The van der Waals surface area contributed by atoms with Crippen molar-refractivity contribution in [1.82, 2.24) is 9.80 Å². The van der Waals surface area contributed by atoms with Gasteiger partial charge in [-0.3, -0.25) is 9.69 Å². The summed E-state index contributed by atoms with van der Waals surface area (Å²) in [5.41, 5.74) is 1.17. The molecule has 1 heterocycles. The molecular formula is C17H26N2O3. The zero-order chi connectivity index (χ0) is 16.1. The highest BCUT2D eigenvalue weighted by molar-refractivity contribution is 5.77. The highest BCUT2D eigenvalue weighted by Gasteiger charge is 2.30. The number of aryl methyl sites for hydroxylation is 1. The lowest BCUT2D eigenvalue weighted by Crippen LogP contribution is -2.41. The Labute approximate surface area is 132 Å². The van der Waals surface area contributed by atoms with Gasteiger partial charge in [-0.1, -0.05) is 17.7 Å². The summed E-state index contributed by atoms with van der Waals surface area (Å²) in [5, 5.41) is 0. The van der Waals surface area contributed by atoms with E-state index < -0.39 is 0 Å². The third-order valence-corrected chi connectivity index (χ3v) is 4.28. The first-order chi connectivity index (χ1) is 10.5. The minimum absolute atomic E-state index is 0.00478. The third-order valence-electron chi connectivity index (χ3n) is 4.28. The lowest BCUT2D eigenvalue weighted by Gasteiger charge is -2.25. The molecule has 0 radical (unpaired) electrons. The summed E-state index contributed by atoms with van der Waals surface area (Å²) in [7, 11) is 5.64. The molecule has 0 saturated carbocycles. The van der Waals surface area contributed by atoms with Crippen LogP contribution in [0.3, 0.4) is 0 Å². The van der Waals surface area contributed by atoms with Crippen molar-refractivity contribution in [2.24, 2.45) is 0 Å². The minimum atomic E-state index is -0.00478. The zero-order valence-electron chi connectivity index (χ0n) is 13.9. The van der Waals surface area contributed by atoms with Gasteiger partial charge in [0.1, 0.15) is 5.75 Å². The molecule has 1 saturated heterocycles. The number of hydrogen-bond donors (Lipinski definition) is 0. The topological polar surface area (TPSA) is 42.0 Å². The third kappa shape index (κ3) is 4.45. The molecule has 0 N–H and O–H groups in total. The van der Waals surface area contributed by atoms with Crippen LogP contribution in [0.15, 0.2) is 24.3 Å². The Morgan fingerprint density at radius 1 is 1.36 bits per heavy atom. The van der Waals surface area contributed by atoms with Gasteiger partial charge in [0.25, 0.3) is 5.91 Å². The predicted molar refractivity (Wildman–Crippen MR) is 86.1 cm³/mol. The van der Waals surface area contributed by atoms with E-state index in [0.29, 0.717) is 12.6 Å². The Morgan fingerprint density at radius 2 is 2.05 bits per heavy atom. The molecule has 1 aromatic rings. The fourth-order valence-electron chi connectivity index (χ4n) is 2.72. The molecule has 122 valence electrons. The van der Waals surface area contributed by atoms with E-state index >= 15 is 0 Å². The fourth-order valence-corrected chi connectivity index (χ4v) is 2.72. The van der Waals surface area contributed by atoms with Gasteiger partial charge in [0, 0.05) is 33.3 Å². The van der Waals surface area contributed by atoms with Crippen LogP contribution in [-0.2, 0) is 9.53 Å². The SMILES string of the molecule is CO[C@H]1C[C@@H](CN(C)C(=O)COc2ccc(C)cc2)N(C)C1. The largest absolute Gasteiger partial charge is 0.484 e. The number of benzene rings is 1. The van der Waals surface area contributed by atoms with Gasteiger partial charge in [-0.15, -0.1) is 0 Å². The number of carbonyl (C=O) groups is 1. The maximum absolute atomic E-state index is 12.2.